The van der Waals surface area contributed by atoms with E-state index in [0.29, 0.717) is 0 Å². The van der Waals surface area contributed by atoms with Crippen molar-refractivity contribution in [2.45, 2.75) is 45.3 Å². The summed E-state index contributed by atoms with van der Waals surface area (Å²) < 4.78 is 11.6. The monoisotopic (exact) mass is 327 g/mol. The third-order valence-electron chi connectivity index (χ3n) is 3.45. The number of aromatic nitrogens is 2. The van der Waals surface area contributed by atoms with E-state index in [0.717, 1.165) is 4.57 Å². The van der Waals surface area contributed by atoms with Crippen molar-refractivity contribution in [3.8, 4) is 0 Å². The molecule has 9 heteroatoms. The Morgan fingerprint density at radius 1 is 1.43 bits per heavy atom. The van der Waals surface area contributed by atoms with Crippen LogP contribution in [0.2, 0.25) is 0 Å². The van der Waals surface area contributed by atoms with Crippen molar-refractivity contribution >= 4 is 11.8 Å². The molecule has 2 rings (SSSR count). The van der Waals surface area contributed by atoms with E-state index in [1.54, 1.807) is 20.8 Å². The molecule has 9 nitrogen and oxygen atoms in total. The number of aliphatic hydroxyl groups is 2. The zero-order valence-corrected chi connectivity index (χ0v) is 13.2. The van der Waals surface area contributed by atoms with E-state index >= 15 is 0 Å². The molecule has 1 aromatic heterocycles. The first-order valence-corrected chi connectivity index (χ1v) is 7.14. The van der Waals surface area contributed by atoms with Gasteiger partial charge in [-0.25, -0.2) is 4.79 Å². The normalized spacial score (nSPS) is 27.9. The fraction of sp³-hybridized carbons (Fsp3) is 0.643. The number of hydrogen-bond acceptors (Lipinski definition) is 8. The van der Waals surface area contributed by atoms with Crippen LogP contribution in [-0.2, 0) is 14.3 Å². The average molecular weight is 327 g/mol. The highest BCUT2D eigenvalue weighted by atomic mass is 16.6. The van der Waals surface area contributed by atoms with Crippen LogP contribution in [0.25, 0.3) is 0 Å². The summed E-state index contributed by atoms with van der Waals surface area (Å²) in [6.07, 6.45) is -3.45. The Kier molecular flexibility index (Phi) is 4.73. The lowest BCUT2D eigenvalue weighted by atomic mass is 9.97. The number of carbonyl (C=O) groups is 1. The standard InChI is InChI=1S/C14H21N3O6/c1-14(2,3)12(20)22-6-7-9(18)10(19)11(23-7)17-5-4-8(15)16-13(17)21/h4-5,7,9-11,18-19H,6H2,1-3H3,(H2,15,16,21)/t7-,9+,10+,11-/m0/s1. The van der Waals surface area contributed by atoms with E-state index < -0.39 is 41.6 Å². The fourth-order valence-electron chi connectivity index (χ4n) is 2.09. The Balaban J connectivity index is 2.09. The maximum atomic E-state index is 11.8. The number of rotatable bonds is 3. The van der Waals surface area contributed by atoms with Gasteiger partial charge in [-0.2, -0.15) is 4.98 Å². The van der Waals surface area contributed by atoms with Crippen LogP contribution in [0.1, 0.15) is 27.0 Å². The molecule has 0 aromatic carbocycles. The zero-order valence-electron chi connectivity index (χ0n) is 13.2. The van der Waals surface area contributed by atoms with Gasteiger partial charge in [-0.15, -0.1) is 0 Å². The van der Waals surface area contributed by atoms with Gasteiger partial charge in [-0.1, -0.05) is 0 Å². The van der Waals surface area contributed by atoms with Gasteiger partial charge in [0.1, 0.15) is 30.7 Å². The lowest BCUT2D eigenvalue weighted by Gasteiger charge is -2.20. The number of nitrogens with two attached hydrogens (primary N) is 1. The second-order valence-corrected chi connectivity index (χ2v) is 6.44. The second kappa shape index (κ2) is 6.26. The van der Waals surface area contributed by atoms with Crippen molar-refractivity contribution in [3.05, 3.63) is 22.7 Å². The Morgan fingerprint density at radius 3 is 2.65 bits per heavy atom. The van der Waals surface area contributed by atoms with Crippen LogP contribution >= 0.6 is 0 Å². The number of nitrogen functional groups attached to an aromatic ring is 1. The van der Waals surface area contributed by atoms with Gasteiger partial charge in [0.15, 0.2) is 6.23 Å². The minimum Gasteiger partial charge on any atom is -0.462 e. The Labute approximate surface area is 132 Å². The summed E-state index contributed by atoms with van der Waals surface area (Å²) in [6, 6.07) is 1.37. The maximum absolute atomic E-state index is 11.8. The molecule has 0 saturated carbocycles. The number of hydrogen-bond donors (Lipinski definition) is 3. The van der Waals surface area contributed by atoms with Gasteiger partial charge in [0.05, 0.1) is 5.41 Å². The average Bonchev–Trinajstić information content (AvgIpc) is 2.72. The molecule has 1 saturated heterocycles. The van der Waals surface area contributed by atoms with Crippen molar-refractivity contribution in [2.24, 2.45) is 5.41 Å². The molecule has 1 aliphatic heterocycles. The lowest BCUT2D eigenvalue weighted by Crippen LogP contribution is -2.37. The number of ether oxygens (including phenoxy) is 2. The van der Waals surface area contributed by atoms with Crippen LogP contribution in [0.4, 0.5) is 5.82 Å². The molecule has 2 heterocycles. The summed E-state index contributed by atoms with van der Waals surface area (Å²) >= 11 is 0. The summed E-state index contributed by atoms with van der Waals surface area (Å²) in [6.45, 7) is 4.84. The quantitative estimate of drug-likeness (QED) is 0.603. The molecule has 1 aliphatic rings. The van der Waals surface area contributed by atoms with E-state index in [1.807, 2.05) is 0 Å². The molecule has 0 amide bonds. The molecule has 0 bridgehead atoms. The highest BCUT2D eigenvalue weighted by molar-refractivity contribution is 5.75. The highest BCUT2D eigenvalue weighted by Crippen LogP contribution is 2.29. The van der Waals surface area contributed by atoms with E-state index in [4.69, 9.17) is 15.2 Å². The number of carbonyl (C=O) groups excluding carboxylic acids is 1. The summed E-state index contributed by atoms with van der Waals surface area (Å²) in [4.78, 5) is 27.1. The first kappa shape index (κ1) is 17.4. The zero-order chi connectivity index (χ0) is 17.4. The smallest absolute Gasteiger partial charge is 0.351 e. The fourth-order valence-corrected chi connectivity index (χ4v) is 2.09. The van der Waals surface area contributed by atoms with E-state index in [9.17, 15) is 19.8 Å². The Bertz CT molecular complexity index is 638. The molecule has 0 unspecified atom stereocenters. The first-order chi connectivity index (χ1) is 10.6. The summed E-state index contributed by atoms with van der Waals surface area (Å²) in [5, 5.41) is 20.1. The molecule has 0 spiro atoms. The third-order valence-corrected chi connectivity index (χ3v) is 3.45. The summed E-state index contributed by atoms with van der Waals surface area (Å²) in [7, 11) is 0. The Morgan fingerprint density at radius 2 is 2.09 bits per heavy atom. The molecule has 1 aromatic rings. The van der Waals surface area contributed by atoms with E-state index in [1.165, 1.54) is 12.3 Å². The van der Waals surface area contributed by atoms with Gasteiger partial charge in [0.2, 0.25) is 0 Å². The van der Waals surface area contributed by atoms with Crippen LogP contribution in [-0.4, -0.2) is 50.7 Å². The number of nitrogens with zero attached hydrogens (tertiary/aromatic N) is 2. The molecule has 0 aliphatic carbocycles. The van der Waals surface area contributed by atoms with Gasteiger partial charge in [0, 0.05) is 6.20 Å². The first-order valence-electron chi connectivity index (χ1n) is 7.14. The van der Waals surface area contributed by atoms with Crippen molar-refractivity contribution < 1.29 is 24.5 Å². The molecule has 128 valence electrons. The predicted octanol–water partition coefficient (Wildman–Crippen LogP) is -0.966. The van der Waals surface area contributed by atoms with Crippen LogP contribution in [0.15, 0.2) is 17.1 Å². The van der Waals surface area contributed by atoms with Gasteiger partial charge in [-0.3, -0.25) is 9.36 Å². The lowest BCUT2D eigenvalue weighted by molar-refractivity contribution is -0.159. The molecule has 0 radical (unpaired) electrons. The van der Waals surface area contributed by atoms with Crippen LogP contribution in [0.5, 0.6) is 0 Å². The number of esters is 1. The van der Waals surface area contributed by atoms with Crippen LogP contribution in [0.3, 0.4) is 0 Å². The third kappa shape index (κ3) is 3.69. The molecule has 4 atom stereocenters. The van der Waals surface area contributed by atoms with Crippen molar-refractivity contribution in [3.63, 3.8) is 0 Å². The number of anilines is 1. The largest absolute Gasteiger partial charge is 0.462 e. The van der Waals surface area contributed by atoms with Crippen molar-refractivity contribution in [1.82, 2.24) is 9.55 Å². The minimum absolute atomic E-state index is 0.0370. The second-order valence-electron chi connectivity index (χ2n) is 6.44. The number of aliphatic hydroxyl groups excluding tert-OH is 2. The topological polar surface area (TPSA) is 137 Å². The predicted molar refractivity (Wildman–Crippen MR) is 79.2 cm³/mol. The summed E-state index contributed by atoms with van der Waals surface area (Å²) in [5.74, 6) is -0.424. The molecule has 1 fully saturated rings. The van der Waals surface area contributed by atoms with Gasteiger partial charge >= 0.3 is 11.7 Å². The van der Waals surface area contributed by atoms with Crippen molar-refractivity contribution in [1.29, 1.82) is 0 Å². The van der Waals surface area contributed by atoms with Gasteiger partial charge in [-0.05, 0) is 26.8 Å². The molecular formula is C14H21N3O6. The minimum atomic E-state index is -1.36. The van der Waals surface area contributed by atoms with E-state index in [2.05, 4.69) is 4.98 Å². The van der Waals surface area contributed by atoms with Gasteiger partial charge < -0.3 is 25.4 Å². The maximum Gasteiger partial charge on any atom is 0.351 e. The van der Waals surface area contributed by atoms with Crippen LogP contribution < -0.4 is 11.4 Å². The van der Waals surface area contributed by atoms with Crippen molar-refractivity contribution in [2.75, 3.05) is 12.3 Å². The van der Waals surface area contributed by atoms with E-state index in [-0.39, 0.29) is 12.4 Å². The molecule has 4 N–H and O–H groups in total. The SMILES string of the molecule is CC(C)(C)C(=O)OC[C@@H]1O[C@H](n2ccc(N)nc2=O)[C@H](O)[C@@H]1O. The summed E-state index contributed by atoms with van der Waals surface area (Å²) in [5.41, 5.74) is 3.99. The molecule has 23 heavy (non-hydrogen) atoms. The van der Waals surface area contributed by atoms with Gasteiger partial charge in [0.25, 0.3) is 0 Å². The molecular weight excluding hydrogens is 306 g/mol. The van der Waals surface area contributed by atoms with Crippen LogP contribution in [0, 0.1) is 5.41 Å². The highest BCUT2D eigenvalue weighted by Gasteiger charge is 2.45. The Hall–Kier alpha value is -1.97.